The molecule has 0 aromatic carbocycles. The summed E-state index contributed by atoms with van der Waals surface area (Å²) in [6, 6.07) is 5.45. The minimum atomic E-state index is -0.259. The van der Waals surface area contributed by atoms with Crippen molar-refractivity contribution in [3.05, 3.63) is 46.6 Å². The zero-order chi connectivity index (χ0) is 21.4. The van der Waals surface area contributed by atoms with E-state index in [0.717, 1.165) is 31.6 Å². The molecule has 1 fully saturated rings. The van der Waals surface area contributed by atoms with Crippen molar-refractivity contribution in [2.24, 2.45) is 0 Å². The van der Waals surface area contributed by atoms with Crippen molar-refractivity contribution in [1.29, 1.82) is 0 Å². The number of piperidine rings is 1. The summed E-state index contributed by atoms with van der Waals surface area (Å²) in [7, 11) is 1.52. The first-order valence-electron chi connectivity index (χ1n) is 10.4. The van der Waals surface area contributed by atoms with Crippen LogP contribution in [0.1, 0.15) is 29.6 Å². The van der Waals surface area contributed by atoms with Crippen LogP contribution in [0, 0.1) is 0 Å². The van der Waals surface area contributed by atoms with Crippen LogP contribution in [0.25, 0.3) is 5.65 Å². The number of likely N-dealkylation sites (tertiary alicyclic amines) is 1. The third-order valence-electron chi connectivity index (χ3n) is 5.68. The van der Waals surface area contributed by atoms with Gasteiger partial charge in [-0.25, -0.2) is 9.78 Å². The molecule has 0 unspecified atom stereocenters. The lowest BCUT2D eigenvalue weighted by atomic mass is 10.1. The molecule has 1 saturated heterocycles. The molecular formula is C21H24N6O4. The lowest BCUT2D eigenvalue weighted by molar-refractivity contribution is 0.0723. The van der Waals surface area contributed by atoms with Crippen molar-refractivity contribution < 1.29 is 14.3 Å². The van der Waals surface area contributed by atoms with Gasteiger partial charge in [0.05, 0.1) is 12.1 Å². The number of hydrogen-bond donors (Lipinski definition) is 0. The Morgan fingerprint density at radius 3 is 2.84 bits per heavy atom. The van der Waals surface area contributed by atoms with Gasteiger partial charge in [0.15, 0.2) is 17.2 Å². The molecule has 0 N–H and O–H groups in total. The lowest BCUT2D eigenvalue weighted by Crippen LogP contribution is -2.36. The summed E-state index contributed by atoms with van der Waals surface area (Å²) in [5.74, 6) is 1.22. The average Bonchev–Trinajstić information content (AvgIpc) is 3.13. The number of pyridine rings is 2. The van der Waals surface area contributed by atoms with Gasteiger partial charge in [-0.1, -0.05) is 0 Å². The number of nitrogens with zero attached hydrogens (tertiary/aromatic N) is 6. The van der Waals surface area contributed by atoms with Crippen LogP contribution in [-0.2, 0) is 11.5 Å². The molecule has 5 heterocycles. The number of fused-ring (bicyclic) bond motifs is 2. The molecule has 0 saturated carbocycles. The molecular weight excluding hydrogens is 400 g/mol. The third kappa shape index (κ3) is 3.52. The van der Waals surface area contributed by atoms with E-state index in [2.05, 4.69) is 10.1 Å². The fraction of sp³-hybridized carbons (Fsp3) is 0.429. The summed E-state index contributed by atoms with van der Waals surface area (Å²) in [5.41, 5.74) is 1.64. The number of anilines is 2. The molecule has 3 aromatic heterocycles. The topological polar surface area (TPSA) is 94.2 Å². The normalized spacial score (nSPS) is 16.3. The Bertz CT molecular complexity index is 1180. The Labute approximate surface area is 178 Å². The first-order chi connectivity index (χ1) is 15.2. The minimum Gasteiger partial charge on any atom is -0.488 e. The summed E-state index contributed by atoms with van der Waals surface area (Å²) < 4.78 is 13.6. The summed E-state index contributed by atoms with van der Waals surface area (Å²) in [4.78, 5) is 33.6. The summed E-state index contributed by atoms with van der Waals surface area (Å²) >= 11 is 0. The standard InChI is InChI=1S/C21H24N6O4/c1-30-14-27-21(29)26-8-5-16(12-18(26)23-27)25-9-10-31-17-11-15(13-22-19(17)25)20(28)24-6-3-2-4-7-24/h5,8,11-13H,2-4,6-7,9-10,14H2,1H3. The van der Waals surface area contributed by atoms with E-state index < -0.39 is 0 Å². The van der Waals surface area contributed by atoms with E-state index in [4.69, 9.17) is 9.47 Å². The average molecular weight is 424 g/mol. The van der Waals surface area contributed by atoms with Gasteiger partial charge in [-0.15, -0.1) is 5.10 Å². The summed E-state index contributed by atoms with van der Waals surface area (Å²) in [5, 5.41) is 4.32. The predicted molar refractivity (Wildman–Crippen MR) is 113 cm³/mol. The Balaban J connectivity index is 1.46. The zero-order valence-electron chi connectivity index (χ0n) is 17.4. The fourth-order valence-corrected chi connectivity index (χ4v) is 4.13. The number of rotatable bonds is 4. The smallest absolute Gasteiger partial charge is 0.352 e. The van der Waals surface area contributed by atoms with Crippen LogP contribution in [-0.4, -0.2) is 63.3 Å². The first-order valence-corrected chi connectivity index (χ1v) is 10.4. The second-order valence-electron chi connectivity index (χ2n) is 7.71. The van der Waals surface area contributed by atoms with Crippen molar-refractivity contribution >= 4 is 23.1 Å². The van der Waals surface area contributed by atoms with Gasteiger partial charge in [-0.3, -0.25) is 9.20 Å². The largest absolute Gasteiger partial charge is 0.488 e. The maximum Gasteiger partial charge on any atom is 0.352 e. The van der Waals surface area contributed by atoms with Gasteiger partial charge in [0.25, 0.3) is 5.91 Å². The molecule has 10 nitrogen and oxygen atoms in total. The van der Waals surface area contributed by atoms with Gasteiger partial charge in [0.1, 0.15) is 13.3 Å². The Morgan fingerprint density at radius 1 is 1.19 bits per heavy atom. The number of carbonyl (C=O) groups is 1. The van der Waals surface area contributed by atoms with E-state index >= 15 is 0 Å². The van der Waals surface area contributed by atoms with Crippen molar-refractivity contribution in [2.75, 3.05) is 38.3 Å². The highest BCUT2D eigenvalue weighted by atomic mass is 16.5. The fourth-order valence-electron chi connectivity index (χ4n) is 4.13. The zero-order valence-corrected chi connectivity index (χ0v) is 17.4. The van der Waals surface area contributed by atoms with Crippen LogP contribution in [0.4, 0.5) is 11.5 Å². The molecule has 0 atom stereocenters. The molecule has 10 heteroatoms. The van der Waals surface area contributed by atoms with Crippen molar-refractivity contribution in [3.63, 3.8) is 0 Å². The highest BCUT2D eigenvalue weighted by molar-refractivity contribution is 5.95. The molecule has 2 aliphatic rings. The van der Waals surface area contributed by atoms with Crippen LogP contribution in [0.2, 0.25) is 0 Å². The van der Waals surface area contributed by atoms with E-state index in [9.17, 15) is 9.59 Å². The highest BCUT2D eigenvalue weighted by Crippen LogP contribution is 2.35. The number of carbonyl (C=O) groups excluding carboxylic acids is 1. The first kappa shape index (κ1) is 19.6. The van der Waals surface area contributed by atoms with Crippen molar-refractivity contribution in [2.45, 2.75) is 26.0 Å². The van der Waals surface area contributed by atoms with Gasteiger partial charge in [0.2, 0.25) is 0 Å². The van der Waals surface area contributed by atoms with Gasteiger partial charge >= 0.3 is 5.69 Å². The minimum absolute atomic E-state index is 0.000186. The lowest BCUT2D eigenvalue weighted by Gasteiger charge is -2.31. The Kier molecular flexibility index (Phi) is 5.06. The predicted octanol–water partition coefficient (Wildman–Crippen LogP) is 1.65. The molecule has 2 aliphatic heterocycles. The van der Waals surface area contributed by atoms with Crippen LogP contribution in [0.15, 0.2) is 35.4 Å². The summed E-state index contributed by atoms with van der Waals surface area (Å²) in [6.45, 7) is 2.73. The molecule has 5 rings (SSSR count). The van der Waals surface area contributed by atoms with E-state index in [-0.39, 0.29) is 18.3 Å². The molecule has 31 heavy (non-hydrogen) atoms. The molecule has 0 radical (unpaired) electrons. The second-order valence-corrected chi connectivity index (χ2v) is 7.71. The van der Waals surface area contributed by atoms with E-state index in [1.165, 1.54) is 22.6 Å². The van der Waals surface area contributed by atoms with Crippen LogP contribution < -0.4 is 15.3 Å². The SMILES string of the molecule is COCn1nc2cc(N3CCOc4cc(C(=O)N5CCCCC5)cnc43)ccn2c1=O. The Morgan fingerprint density at radius 2 is 2.03 bits per heavy atom. The van der Waals surface area contributed by atoms with E-state index in [0.29, 0.717) is 35.9 Å². The molecule has 3 aromatic rings. The van der Waals surface area contributed by atoms with Gasteiger partial charge < -0.3 is 19.3 Å². The third-order valence-corrected chi connectivity index (χ3v) is 5.68. The maximum absolute atomic E-state index is 12.8. The van der Waals surface area contributed by atoms with Crippen LogP contribution in [0.5, 0.6) is 5.75 Å². The van der Waals surface area contributed by atoms with E-state index in [1.807, 2.05) is 21.9 Å². The number of amides is 1. The van der Waals surface area contributed by atoms with Crippen LogP contribution in [0.3, 0.4) is 0 Å². The second kappa shape index (κ2) is 8.03. The summed E-state index contributed by atoms with van der Waals surface area (Å²) in [6.07, 6.45) is 6.56. The molecule has 0 spiro atoms. The van der Waals surface area contributed by atoms with E-state index in [1.54, 1.807) is 18.5 Å². The number of ether oxygens (including phenoxy) is 2. The quantitative estimate of drug-likeness (QED) is 0.629. The molecule has 1 amide bonds. The van der Waals surface area contributed by atoms with Crippen molar-refractivity contribution in [1.82, 2.24) is 24.1 Å². The van der Waals surface area contributed by atoms with Crippen molar-refractivity contribution in [3.8, 4) is 5.75 Å². The molecule has 0 aliphatic carbocycles. The van der Waals surface area contributed by atoms with Gasteiger partial charge in [0, 0.05) is 44.3 Å². The van der Waals surface area contributed by atoms with Gasteiger partial charge in [-0.05, 0) is 31.4 Å². The highest BCUT2D eigenvalue weighted by Gasteiger charge is 2.25. The maximum atomic E-state index is 12.8. The monoisotopic (exact) mass is 424 g/mol. The molecule has 0 bridgehead atoms. The van der Waals surface area contributed by atoms with Gasteiger partial charge in [-0.2, -0.15) is 4.68 Å². The van der Waals surface area contributed by atoms with Crippen LogP contribution >= 0.6 is 0 Å². The number of hydrogen-bond acceptors (Lipinski definition) is 7. The number of aromatic nitrogens is 4. The Hall–Kier alpha value is -3.40. The molecule has 162 valence electrons. The number of methoxy groups -OCH3 is 1.